The van der Waals surface area contributed by atoms with Crippen molar-refractivity contribution >= 4 is 59.7 Å². The smallest absolute Gasteiger partial charge is 0.291 e. The number of anilines is 2. The Balaban J connectivity index is 2.38. The average Bonchev–Trinajstić information content (AvgIpc) is 2.73. The van der Waals surface area contributed by atoms with E-state index in [1.54, 1.807) is 6.07 Å². The van der Waals surface area contributed by atoms with Crippen molar-refractivity contribution in [2.24, 2.45) is 0 Å². The molecule has 0 aliphatic rings. The van der Waals surface area contributed by atoms with Crippen LogP contribution in [0, 0.1) is 6.92 Å². The summed E-state index contributed by atoms with van der Waals surface area (Å²) in [5, 5.41) is 7.51. The largest absolute Gasteiger partial charge is 0.374 e. The number of sulfonamides is 1. The van der Waals surface area contributed by atoms with Crippen LogP contribution in [0.15, 0.2) is 20.9 Å². The minimum Gasteiger partial charge on any atom is -0.374 e. The lowest BCUT2D eigenvalue weighted by Gasteiger charge is -2.09. The average molecular weight is 384 g/mol. The van der Waals surface area contributed by atoms with Crippen molar-refractivity contribution in [2.45, 2.75) is 11.3 Å². The van der Waals surface area contributed by atoms with Gasteiger partial charge in [-0.2, -0.15) is 8.42 Å². The molecule has 0 saturated carbocycles. The molecule has 0 radical (unpaired) electrons. The first kappa shape index (κ1) is 14.5. The fraction of sp³-hybridized carbons (Fsp3) is 0.111. The first-order valence-electron chi connectivity index (χ1n) is 4.87. The zero-order valence-electron chi connectivity index (χ0n) is 9.52. The Kier molecular flexibility index (Phi) is 4.00. The van der Waals surface area contributed by atoms with Crippen molar-refractivity contribution in [3.63, 3.8) is 0 Å². The maximum absolute atomic E-state index is 12.0. The molecule has 1 aromatic carbocycles. The fourth-order valence-electron chi connectivity index (χ4n) is 1.24. The summed E-state index contributed by atoms with van der Waals surface area (Å²) in [6.07, 6.45) is 0. The van der Waals surface area contributed by atoms with Gasteiger partial charge in [0.15, 0.2) is 0 Å². The second kappa shape index (κ2) is 5.23. The molecule has 0 atom stereocenters. The Morgan fingerprint density at radius 3 is 2.68 bits per heavy atom. The van der Waals surface area contributed by atoms with Gasteiger partial charge in [-0.25, -0.2) is 0 Å². The van der Waals surface area contributed by atoms with E-state index < -0.39 is 10.0 Å². The van der Waals surface area contributed by atoms with E-state index in [9.17, 15) is 8.42 Å². The molecule has 0 unspecified atom stereocenters. The van der Waals surface area contributed by atoms with Crippen molar-refractivity contribution in [3.8, 4) is 0 Å². The number of hydrogen-bond acceptors (Lipinski definition) is 6. The SMILES string of the molecule is Cc1cc(Br)c(NS(=O)(=O)c2nnc(N)s2)cc1Cl. The molecule has 6 nitrogen and oxygen atoms in total. The van der Waals surface area contributed by atoms with Crippen LogP contribution in [0.1, 0.15) is 5.56 Å². The maximum Gasteiger partial charge on any atom is 0.291 e. The first-order chi connectivity index (χ1) is 8.79. The van der Waals surface area contributed by atoms with E-state index in [4.69, 9.17) is 17.3 Å². The number of nitrogens with one attached hydrogen (secondary N) is 1. The van der Waals surface area contributed by atoms with Gasteiger partial charge >= 0.3 is 0 Å². The third-order valence-corrected chi connectivity index (χ3v) is 5.69. The summed E-state index contributed by atoms with van der Waals surface area (Å²) >= 11 is 10.0. The monoisotopic (exact) mass is 382 g/mol. The predicted molar refractivity (Wildman–Crippen MR) is 79.0 cm³/mol. The lowest BCUT2D eigenvalue weighted by molar-refractivity contribution is 0.599. The molecule has 0 aliphatic heterocycles. The quantitative estimate of drug-likeness (QED) is 0.849. The third-order valence-electron chi connectivity index (χ3n) is 2.14. The highest BCUT2D eigenvalue weighted by Gasteiger charge is 2.21. The van der Waals surface area contributed by atoms with Gasteiger partial charge in [-0.1, -0.05) is 22.9 Å². The van der Waals surface area contributed by atoms with E-state index in [0.717, 1.165) is 16.9 Å². The third kappa shape index (κ3) is 3.16. The van der Waals surface area contributed by atoms with E-state index in [1.807, 2.05) is 6.92 Å². The second-order valence-corrected chi connectivity index (χ2v) is 7.72. The summed E-state index contributed by atoms with van der Waals surface area (Å²) in [7, 11) is -3.82. The van der Waals surface area contributed by atoms with Crippen LogP contribution < -0.4 is 10.5 Å². The molecular formula is C9H8BrClN4O2S2. The number of nitrogens with two attached hydrogens (primary N) is 1. The van der Waals surface area contributed by atoms with Crippen LogP contribution in [-0.4, -0.2) is 18.6 Å². The predicted octanol–water partition coefficient (Wildman–Crippen LogP) is 2.65. The summed E-state index contributed by atoms with van der Waals surface area (Å²) in [5.74, 6) is 0. The molecule has 0 fully saturated rings. The number of halogens is 2. The highest BCUT2D eigenvalue weighted by Crippen LogP contribution is 2.31. The van der Waals surface area contributed by atoms with Gasteiger partial charge in [-0.05, 0) is 40.5 Å². The van der Waals surface area contributed by atoms with Gasteiger partial charge in [0.1, 0.15) is 0 Å². The van der Waals surface area contributed by atoms with Gasteiger partial charge in [0.2, 0.25) is 5.13 Å². The molecule has 1 aromatic heterocycles. The van der Waals surface area contributed by atoms with E-state index in [0.29, 0.717) is 15.2 Å². The molecular weight excluding hydrogens is 376 g/mol. The lowest BCUT2D eigenvalue weighted by atomic mass is 10.2. The number of rotatable bonds is 3. The van der Waals surface area contributed by atoms with E-state index in [-0.39, 0.29) is 9.47 Å². The zero-order valence-corrected chi connectivity index (χ0v) is 13.5. The lowest BCUT2D eigenvalue weighted by Crippen LogP contribution is -2.13. The van der Waals surface area contributed by atoms with E-state index >= 15 is 0 Å². The first-order valence-corrected chi connectivity index (χ1v) is 8.34. The summed E-state index contributed by atoms with van der Waals surface area (Å²) in [4.78, 5) is 0. The molecule has 0 bridgehead atoms. The van der Waals surface area contributed by atoms with Crippen LogP contribution in [0.2, 0.25) is 5.02 Å². The van der Waals surface area contributed by atoms with Crippen molar-refractivity contribution in [3.05, 3.63) is 27.2 Å². The Labute approximate surface area is 127 Å². The van der Waals surface area contributed by atoms with E-state index in [1.165, 1.54) is 6.07 Å². The molecule has 2 rings (SSSR count). The molecule has 2 aromatic rings. The van der Waals surface area contributed by atoms with Crippen LogP contribution in [0.3, 0.4) is 0 Å². The molecule has 0 aliphatic carbocycles. The van der Waals surface area contributed by atoms with Crippen molar-refractivity contribution in [1.82, 2.24) is 10.2 Å². The Hall–Kier alpha value is -0.900. The van der Waals surface area contributed by atoms with E-state index in [2.05, 4.69) is 30.8 Å². The van der Waals surface area contributed by atoms with Crippen molar-refractivity contribution in [1.29, 1.82) is 0 Å². The van der Waals surface area contributed by atoms with Crippen LogP contribution in [0.25, 0.3) is 0 Å². The fourth-order valence-corrected chi connectivity index (χ4v) is 3.95. The topological polar surface area (TPSA) is 98.0 Å². The Morgan fingerprint density at radius 1 is 1.42 bits per heavy atom. The number of benzene rings is 1. The maximum atomic E-state index is 12.0. The van der Waals surface area contributed by atoms with Gasteiger partial charge in [0.25, 0.3) is 14.4 Å². The number of hydrogen-bond donors (Lipinski definition) is 2. The minimum atomic E-state index is -3.82. The highest BCUT2D eigenvalue weighted by atomic mass is 79.9. The summed E-state index contributed by atoms with van der Waals surface area (Å²) in [6, 6.07) is 3.23. The minimum absolute atomic E-state index is 0.0846. The van der Waals surface area contributed by atoms with Gasteiger partial charge in [-0.3, -0.25) is 4.72 Å². The number of nitrogen functional groups attached to an aromatic ring is 1. The van der Waals surface area contributed by atoms with Crippen molar-refractivity contribution in [2.75, 3.05) is 10.5 Å². The normalized spacial score (nSPS) is 11.5. The standard InChI is InChI=1S/C9H8BrClN4O2S2/c1-4-2-5(10)7(3-6(4)11)15-19(16,17)9-14-13-8(12)18-9/h2-3,15H,1H3,(H2,12,13). The van der Waals surface area contributed by atoms with Crippen molar-refractivity contribution < 1.29 is 8.42 Å². The van der Waals surface area contributed by atoms with Gasteiger partial charge in [0, 0.05) is 9.50 Å². The van der Waals surface area contributed by atoms with Gasteiger partial charge in [-0.15, -0.1) is 10.2 Å². The zero-order chi connectivity index (χ0) is 14.2. The molecule has 1 heterocycles. The highest BCUT2D eigenvalue weighted by molar-refractivity contribution is 9.10. The molecule has 10 heteroatoms. The number of aryl methyl sites for hydroxylation is 1. The van der Waals surface area contributed by atoms with Crippen LogP contribution >= 0.6 is 38.9 Å². The Morgan fingerprint density at radius 2 is 2.11 bits per heavy atom. The molecule has 3 N–H and O–H groups in total. The molecule has 0 saturated heterocycles. The van der Waals surface area contributed by atoms with Crippen LogP contribution in [-0.2, 0) is 10.0 Å². The van der Waals surface area contributed by atoms with Crippen LogP contribution in [0.4, 0.5) is 10.8 Å². The van der Waals surface area contributed by atoms with Gasteiger partial charge < -0.3 is 5.73 Å². The Bertz CT molecular complexity index is 732. The van der Waals surface area contributed by atoms with Gasteiger partial charge in [0.05, 0.1) is 5.69 Å². The molecule has 0 amide bonds. The summed E-state index contributed by atoms with van der Waals surface area (Å²) in [6.45, 7) is 1.82. The molecule has 19 heavy (non-hydrogen) atoms. The molecule has 102 valence electrons. The summed E-state index contributed by atoms with van der Waals surface area (Å²) in [5.41, 5.74) is 6.52. The van der Waals surface area contributed by atoms with Crippen LogP contribution in [0.5, 0.6) is 0 Å². The molecule has 0 spiro atoms. The second-order valence-electron chi connectivity index (χ2n) is 3.59. The number of nitrogens with zero attached hydrogens (tertiary/aromatic N) is 2. The summed E-state index contributed by atoms with van der Waals surface area (Å²) < 4.78 is 26.8. The number of aromatic nitrogens is 2.